The molecule has 0 aliphatic heterocycles. The molecule has 0 aromatic heterocycles. The largest absolute Gasteiger partial charge is 0.573 e. The Morgan fingerprint density at radius 3 is 2.26 bits per heavy atom. The fourth-order valence-electron chi connectivity index (χ4n) is 2.05. The molecule has 1 amide bonds. The Kier molecular flexibility index (Phi) is 5.62. The fraction of sp³-hybridized carbons (Fsp3) is 0.235. The second-order valence-corrected chi connectivity index (χ2v) is 4.92. The summed E-state index contributed by atoms with van der Waals surface area (Å²) in [5.74, 6) is -0.672. The summed E-state index contributed by atoms with van der Waals surface area (Å²) in [5, 5.41) is 2.73. The van der Waals surface area contributed by atoms with E-state index in [0.29, 0.717) is 12.1 Å². The first kappa shape index (κ1) is 16.9. The van der Waals surface area contributed by atoms with Gasteiger partial charge in [0.1, 0.15) is 5.75 Å². The first-order valence-electron chi connectivity index (χ1n) is 7.12. The fourth-order valence-corrected chi connectivity index (χ4v) is 2.05. The molecule has 0 spiro atoms. The number of ether oxygens (including phenoxy) is 1. The Hall–Kier alpha value is -2.50. The molecule has 3 nitrogen and oxygen atoms in total. The van der Waals surface area contributed by atoms with Crippen LogP contribution in [0.15, 0.2) is 54.6 Å². The van der Waals surface area contributed by atoms with Crippen LogP contribution in [0.2, 0.25) is 0 Å². The Morgan fingerprint density at radius 2 is 1.65 bits per heavy atom. The summed E-state index contributed by atoms with van der Waals surface area (Å²) >= 11 is 0. The van der Waals surface area contributed by atoms with Gasteiger partial charge >= 0.3 is 6.36 Å². The zero-order valence-corrected chi connectivity index (χ0v) is 12.3. The third-order valence-electron chi connectivity index (χ3n) is 3.12. The number of carbonyl (C=O) groups is 1. The van der Waals surface area contributed by atoms with Crippen LogP contribution in [0.4, 0.5) is 13.2 Å². The molecule has 122 valence electrons. The molecule has 0 fully saturated rings. The Bertz CT molecular complexity index is 625. The van der Waals surface area contributed by atoms with Gasteiger partial charge in [-0.1, -0.05) is 30.3 Å². The van der Waals surface area contributed by atoms with Gasteiger partial charge in [-0.3, -0.25) is 4.79 Å². The maximum absolute atomic E-state index is 12.0. The number of benzene rings is 2. The van der Waals surface area contributed by atoms with Gasteiger partial charge < -0.3 is 10.1 Å². The van der Waals surface area contributed by atoms with Gasteiger partial charge in [0, 0.05) is 12.1 Å². The lowest BCUT2D eigenvalue weighted by Crippen LogP contribution is -2.24. The van der Waals surface area contributed by atoms with Crippen LogP contribution in [-0.4, -0.2) is 18.8 Å². The van der Waals surface area contributed by atoms with Crippen LogP contribution in [0.1, 0.15) is 22.3 Å². The van der Waals surface area contributed by atoms with Gasteiger partial charge in [-0.15, -0.1) is 13.2 Å². The number of halogens is 3. The second kappa shape index (κ2) is 7.67. The summed E-state index contributed by atoms with van der Waals surface area (Å²) in [7, 11) is 0. The van der Waals surface area contributed by atoms with Gasteiger partial charge in [-0.05, 0) is 42.7 Å². The summed E-state index contributed by atoms with van der Waals surface area (Å²) in [6.45, 7) is 0.495. The van der Waals surface area contributed by atoms with Crippen LogP contribution in [-0.2, 0) is 6.42 Å². The minimum absolute atomic E-state index is 0.291. The average Bonchev–Trinajstić information content (AvgIpc) is 2.51. The normalized spacial score (nSPS) is 11.1. The van der Waals surface area contributed by atoms with Crippen molar-refractivity contribution in [3.63, 3.8) is 0 Å². The van der Waals surface area contributed by atoms with Crippen LogP contribution in [0.25, 0.3) is 0 Å². The highest BCUT2D eigenvalue weighted by Crippen LogP contribution is 2.22. The summed E-state index contributed by atoms with van der Waals surface area (Å²) in [6.07, 6.45) is -3.11. The molecule has 0 saturated carbocycles. The average molecular weight is 323 g/mol. The van der Waals surface area contributed by atoms with Gasteiger partial charge in [-0.25, -0.2) is 0 Å². The van der Waals surface area contributed by atoms with Crippen molar-refractivity contribution in [2.45, 2.75) is 19.2 Å². The van der Waals surface area contributed by atoms with Gasteiger partial charge in [0.05, 0.1) is 0 Å². The minimum Gasteiger partial charge on any atom is -0.406 e. The molecule has 0 heterocycles. The van der Waals surface area contributed by atoms with E-state index in [9.17, 15) is 18.0 Å². The molecule has 0 aliphatic carbocycles. The molecule has 23 heavy (non-hydrogen) atoms. The number of hydrogen-bond donors (Lipinski definition) is 1. The maximum Gasteiger partial charge on any atom is 0.573 e. The van der Waals surface area contributed by atoms with E-state index >= 15 is 0 Å². The topological polar surface area (TPSA) is 38.3 Å². The van der Waals surface area contributed by atoms with Crippen LogP contribution >= 0.6 is 0 Å². The lowest BCUT2D eigenvalue weighted by Gasteiger charge is -2.09. The predicted molar refractivity (Wildman–Crippen MR) is 80.2 cm³/mol. The smallest absolute Gasteiger partial charge is 0.406 e. The van der Waals surface area contributed by atoms with Crippen molar-refractivity contribution in [2.24, 2.45) is 0 Å². The summed E-state index contributed by atoms with van der Waals surface area (Å²) < 4.78 is 39.9. The molecule has 0 radical (unpaired) electrons. The molecule has 0 atom stereocenters. The SMILES string of the molecule is O=C(NCCCc1ccccc1)c1ccc(OC(F)(F)F)cc1. The van der Waals surface area contributed by atoms with E-state index in [1.807, 2.05) is 30.3 Å². The first-order chi connectivity index (χ1) is 10.9. The third-order valence-corrected chi connectivity index (χ3v) is 3.12. The number of amides is 1. The van der Waals surface area contributed by atoms with Gasteiger partial charge in [-0.2, -0.15) is 0 Å². The van der Waals surface area contributed by atoms with E-state index < -0.39 is 6.36 Å². The zero-order valence-electron chi connectivity index (χ0n) is 12.3. The Morgan fingerprint density at radius 1 is 1.00 bits per heavy atom. The van der Waals surface area contributed by atoms with E-state index in [0.717, 1.165) is 25.0 Å². The molecule has 6 heteroatoms. The number of nitrogens with one attached hydrogen (secondary N) is 1. The highest BCUT2D eigenvalue weighted by Gasteiger charge is 2.31. The standard InChI is InChI=1S/C17H16F3NO2/c18-17(19,20)23-15-10-8-14(9-11-15)16(22)21-12-4-7-13-5-2-1-3-6-13/h1-3,5-6,8-11H,4,7,12H2,(H,21,22). The summed E-state index contributed by atoms with van der Waals surface area (Å²) in [4.78, 5) is 11.9. The van der Waals surface area contributed by atoms with Crippen molar-refractivity contribution >= 4 is 5.91 Å². The van der Waals surface area contributed by atoms with Crippen molar-refractivity contribution in [2.75, 3.05) is 6.54 Å². The minimum atomic E-state index is -4.73. The van der Waals surface area contributed by atoms with Crippen molar-refractivity contribution in [3.05, 3.63) is 65.7 Å². The predicted octanol–water partition coefficient (Wildman–Crippen LogP) is 3.95. The molecule has 0 aliphatic rings. The van der Waals surface area contributed by atoms with Gasteiger partial charge in [0.2, 0.25) is 0 Å². The van der Waals surface area contributed by atoms with Crippen LogP contribution < -0.4 is 10.1 Å². The lowest BCUT2D eigenvalue weighted by molar-refractivity contribution is -0.274. The van der Waals surface area contributed by atoms with Gasteiger partial charge in [0.25, 0.3) is 5.91 Å². The van der Waals surface area contributed by atoms with Crippen molar-refractivity contribution < 1.29 is 22.7 Å². The molecular formula is C17H16F3NO2. The first-order valence-corrected chi connectivity index (χ1v) is 7.12. The number of rotatable bonds is 6. The van der Waals surface area contributed by atoms with Crippen molar-refractivity contribution in [1.82, 2.24) is 5.32 Å². The zero-order chi connectivity index (χ0) is 16.7. The molecule has 0 unspecified atom stereocenters. The molecular weight excluding hydrogens is 307 g/mol. The molecule has 0 saturated heterocycles. The highest BCUT2D eigenvalue weighted by atomic mass is 19.4. The number of aryl methyl sites for hydroxylation is 1. The van der Waals surface area contributed by atoms with E-state index in [4.69, 9.17) is 0 Å². The number of carbonyl (C=O) groups excluding carboxylic acids is 1. The van der Waals surface area contributed by atoms with E-state index in [1.54, 1.807) is 0 Å². The molecule has 2 aromatic carbocycles. The Balaban J connectivity index is 1.77. The van der Waals surface area contributed by atoms with E-state index in [2.05, 4.69) is 10.1 Å². The van der Waals surface area contributed by atoms with Crippen LogP contribution in [0.3, 0.4) is 0 Å². The number of hydrogen-bond acceptors (Lipinski definition) is 2. The number of alkyl halides is 3. The van der Waals surface area contributed by atoms with Crippen molar-refractivity contribution in [3.8, 4) is 5.75 Å². The lowest BCUT2D eigenvalue weighted by atomic mass is 10.1. The van der Waals surface area contributed by atoms with Gasteiger partial charge in [0.15, 0.2) is 0 Å². The molecule has 2 aromatic rings. The molecule has 2 rings (SSSR count). The Labute approximate surface area is 132 Å². The van der Waals surface area contributed by atoms with E-state index in [1.165, 1.54) is 17.7 Å². The molecule has 0 bridgehead atoms. The van der Waals surface area contributed by atoms with Crippen LogP contribution in [0, 0.1) is 0 Å². The quantitative estimate of drug-likeness (QED) is 0.818. The summed E-state index contributed by atoms with van der Waals surface area (Å²) in [6, 6.07) is 14.7. The second-order valence-electron chi connectivity index (χ2n) is 4.92. The van der Waals surface area contributed by atoms with Crippen LogP contribution in [0.5, 0.6) is 5.75 Å². The maximum atomic E-state index is 12.0. The highest BCUT2D eigenvalue weighted by molar-refractivity contribution is 5.94. The third kappa shape index (κ3) is 6.02. The van der Waals surface area contributed by atoms with Crippen molar-refractivity contribution in [1.29, 1.82) is 0 Å². The van der Waals surface area contributed by atoms with E-state index in [-0.39, 0.29) is 11.7 Å². The molecule has 1 N–H and O–H groups in total. The summed E-state index contributed by atoms with van der Waals surface area (Å²) in [5.41, 5.74) is 1.48. The monoisotopic (exact) mass is 323 g/mol.